The second kappa shape index (κ2) is 5.48. The molecule has 4 nitrogen and oxygen atoms in total. The van der Waals surface area contributed by atoms with Gasteiger partial charge in [0, 0.05) is 12.7 Å². The number of para-hydroxylation sites is 2. The molecule has 0 saturated heterocycles. The Morgan fingerprint density at radius 1 is 1.24 bits per heavy atom. The molecule has 2 aromatic carbocycles. The lowest BCUT2D eigenvalue weighted by Crippen LogP contribution is -2.45. The zero-order chi connectivity index (χ0) is 14.8. The third kappa shape index (κ3) is 2.70. The van der Waals surface area contributed by atoms with Gasteiger partial charge in [-0.2, -0.15) is 0 Å². The van der Waals surface area contributed by atoms with Crippen molar-refractivity contribution in [2.24, 2.45) is 0 Å². The number of fused-ring (bicyclic) bond motifs is 1. The summed E-state index contributed by atoms with van der Waals surface area (Å²) in [5.74, 6) is 0.669. The third-order valence-electron chi connectivity index (χ3n) is 3.63. The molecule has 0 radical (unpaired) electrons. The number of carbonyl (C=O) groups is 1. The summed E-state index contributed by atoms with van der Waals surface area (Å²) < 4.78 is 5.81. The molecule has 0 fully saturated rings. The number of nitrogens with zero attached hydrogens (tertiary/aromatic N) is 1. The minimum absolute atomic E-state index is 0.0531. The molecule has 1 unspecified atom stereocenters. The molecule has 2 aromatic rings. The van der Waals surface area contributed by atoms with Gasteiger partial charge >= 0.3 is 0 Å². The number of anilines is 2. The Hall–Kier alpha value is -2.49. The van der Waals surface area contributed by atoms with Gasteiger partial charge in [-0.3, -0.25) is 4.79 Å². The highest BCUT2D eigenvalue weighted by Gasteiger charge is 2.28. The predicted molar refractivity (Wildman–Crippen MR) is 83.9 cm³/mol. The van der Waals surface area contributed by atoms with E-state index >= 15 is 0 Å². The lowest BCUT2D eigenvalue weighted by Gasteiger charge is -2.29. The van der Waals surface area contributed by atoms with Gasteiger partial charge in [-0.1, -0.05) is 24.3 Å². The van der Waals surface area contributed by atoms with E-state index in [1.54, 1.807) is 11.9 Å². The number of amides is 1. The molecule has 3 rings (SSSR count). The highest BCUT2D eigenvalue weighted by Crippen LogP contribution is 2.29. The van der Waals surface area contributed by atoms with Gasteiger partial charge in [-0.05, 0) is 36.8 Å². The van der Waals surface area contributed by atoms with Crippen LogP contribution in [-0.2, 0) is 4.79 Å². The summed E-state index contributed by atoms with van der Waals surface area (Å²) in [6.45, 7) is 2.49. The summed E-state index contributed by atoms with van der Waals surface area (Å²) in [6.07, 6.45) is -0.509. The van der Waals surface area contributed by atoms with Crippen LogP contribution in [0, 0.1) is 6.92 Å². The van der Waals surface area contributed by atoms with Crippen LogP contribution in [-0.4, -0.2) is 25.6 Å². The van der Waals surface area contributed by atoms with Gasteiger partial charge in [0.1, 0.15) is 5.75 Å². The average Bonchev–Trinajstić information content (AvgIpc) is 2.53. The van der Waals surface area contributed by atoms with Crippen LogP contribution in [0.1, 0.15) is 5.56 Å². The fourth-order valence-corrected chi connectivity index (χ4v) is 2.43. The maximum Gasteiger partial charge on any atom is 0.269 e. The summed E-state index contributed by atoms with van der Waals surface area (Å²) in [5.41, 5.74) is 2.93. The Morgan fingerprint density at radius 2 is 2.05 bits per heavy atom. The first-order chi connectivity index (χ1) is 10.1. The highest BCUT2D eigenvalue weighted by atomic mass is 16.5. The van der Waals surface area contributed by atoms with E-state index < -0.39 is 6.10 Å². The van der Waals surface area contributed by atoms with Gasteiger partial charge in [-0.25, -0.2) is 0 Å². The molecule has 1 heterocycles. The smallest absolute Gasteiger partial charge is 0.269 e. The quantitative estimate of drug-likeness (QED) is 0.921. The van der Waals surface area contributed by atoms with Crippen molar-refractivity contribution >= 4 is 17.3 Å². The first kappa shape index (κ1) is 13.5. The standard InChI is InChI=1S/C17H18N2O2/c1-12-6-5-7-13(10-12)19(2)17(20)16-11-18-14-8-3-4-9-15(14)21-16/h3-10,16,18H,11H2,1-2H3. The van der Waals surface area contributed by atoms with Gasteiger partial charge < -0.3 is 15.0 Å². The highest BCUT2D eigenvalue weighted by molar-refractivity contribution is 5.97. The van der Waals surface area contributed by atoms with Crippen molar-refractivity contribution in [2.75, 3.05) is 23.8 Å². The number of hydrogen-bond acceptors (Lipinski definition) is 3. The second-order valence-corrected chi connectivity index (χ2v) is 5.22. The second-order valence-electron chi connectivity index (χ2n) is 5.22. The fourth-order valence-electron chi connectivity index (χ4n) is 2.43. The predicted octanol–water partition coefficient (Wildman–Crippen LogP) is 2.83. The SMILES string of the molecule is Cc1cccc(N(C)C(=O)C2CNc3ccccc3O2)c1. The van der Waals surface area contributed by atoms with E-state index in [-0.39, 0.29) is 5.91 Å². The van der Waals surface area contributed by atoms with E-state index in [1.165, 1.54) is 0 Å². The Bertz CT molecular complexity index is 669. The molecule has 0 spiro atoms. The summed E-state index contributed by atoms with van der Waals surface area (Å²) in [6, 6.07) is 15.5. The number of carbonyl (C=O) groups excluding carboxylic acids is 1. The van der Waals surface area contributed by atoms with Crippen LogP contribution in [0.3, 0.4) is 0 Å². The summed E-state index contributed by atoms with van der Waals surface area (Å²) in [5, 5.41) is 3.24. The van der Waals surface area contributed by atoms with Crippen molar-refractivity contribution in [1.29, 1.82) is 0 Å². The molecule has 0 aromatic heterocycles. The Kier molecular flexibility index (Phi) is 3.52. The summed E-state index contributed by atoms with van der Waals surface area (Å²) >= 11 is 0. The minimum atomic E-state index is -0.509. The molecule has 0 aliphatic carbocycles. The lowest BCUT2D eigenvalue weighted by molar-refractivity contribution is -0.124. The van der Waals surface area contributed by atoms with E-state index in [0.717, 1.165) is 22.7 Å². The van der Waals surface area contributed by atoms with Crippen molar-refractivity contribution in [2.45, 2.75) is 13.0 Å². The Morgan fingerprint density at radius 3 is 2.86 bits per heavy atom. The number of rotatable bonds is 2. The van der Waals surface area contributed by atoms with Crippen LogP contribution in [0.25, 0.3) is 0 Å². The number of hydrogen-bond donors (Lipinski definition) is 1. The molecular weight excluding hydrogens is 264 g/mol. The normalized spacial score (nSPS) is 16.4. The van der Waals surface area contributed by atoms with Crippen LogP contribution in [0.5, 0.6) is 5.75 Å². The molecule has 0 saturated carbocycles. The monoisotopic (exact) mass is 282 g/mol. The third-order valence-corrected chi connectivity index (χ3v) is 3.63. The Labute approximate surface area is 124 Å². The summed E-state index contributed by atoms with van der Waals surface area (Å²) in [7, 11) is 1.78. The van der Waals surface area contributed by atoms with Crippen LogP contribution in [0.4, 0.5) is 11.4 Å². The number of aryl methyl sites for hydroxylation is 1. The zero-order valence-corrected chi connectivity index (χ0v) is 12.2. The summed E-state index contributed by atoms with van der Waals surface area (Å²) in [4.78, 5) is 14.2. The van der Waals surface area contributed by atoms with Crippen LogP contribution < -0.4 is 15.0 Å². The largest absolute Gasteiger partial charge is 0.477 e. The molecule has 1 aliphatic heterocycles. The molecule has 1 aliphatic rings. The zero-order valence-electron chi connectivity index (χ0n) is 12.2. The van der Waals surface area contributed by atoms with E-state index in [0.29, 0.717) is 6.54 Å². The molecule has 4 heteroatoms. The molecule has 1 atom stereocenters. The van der Waals surface area contributed by atoms with Crippen molar-refractivity contribution < 1.29 is 9.53 Å². The van der Waals surface area contributed by atoms with Gasteiger partial charge in [0.25, 0.3) is 5.91 Å². The molecular formula is C17H18N2O2. The van der Waals surface area contributed by atoms with E-state index in [9.17, 15) is 4.79 Å². The van der Waals surface area contributed by atoms with Crippen molar-refractivity contribution in [1.82, 2.24) is 0 Å². The average molecular weight is 282 g/mol. The molecule has 108 valence electrons. The van der Waals surface area contributed by atoms with E-state index in [2.05, 4.69) is 5.32 Å². The molecule has 0 bridgehead atoms. The van der Waals surface area contributed by atoms with Crippen LogP contribution >= 0.6 is 0 Å². The molecule has 1 N–H and O–H groups in total. The molecule has 1 amide bonds. The maximum atomic E-state index is 12.6. The van der Waals surface area contributed by atoms with Gasteiger partial charge in [0.15, 0.2) is 6.10 Å². The molecule has 21 heavy (non-hydrogen) atoms. The van der Waals surface area contributed by atoms with Crippen LogP contribution in [0.15, 0.2) is 48.5 Å². The van der Waals surface area contributed by atoms with Gasteiger partial charge in [0.2, 0.25) is 0 Å². The van der Waals surface area contributed by atoms with Crippen molar-refractivity contribution in [3.8, 4) is 5.75 Å². The van der Waals surface area contributed by atoms with Gasteiger partial charge in [0.05, 0.1) is 12.2 Å². The minimum Gasteiger partial charge on any atom is -0.477 e. The number of ether oxygens (including phenoxy) is 1. The first-order valence-electron chi connectivity index (χ1n) is 6.99. The number of likely N-dealkylation sites (N-methyl/N-ethyl adjacent to an activating group) is 1. The fraction of sp³-hybridized carbons (Fsp3) is 0.235. The van der Waals surface area contributed by atoms with Gasteiger partial charge in [-0.15, -0.1) is 0 Å². The first-order valence-corrected chi connectivity index (χ1v) is 6.99. The lowest BCUT2D eigenvalue weighted by atomic mass is 10.1. The number of benzene rings is 2. The van der Waals surface area contributed by atoms with Crippen LogP contribution in [0.2, 0.25) is 0 Å². The van der Waals surface area contributed by atoms with Crippen molar-refractivity contribution in [3.05, 3.63) is 54.1 Å². The van der Waals surface area contributed by atoms with E-state index in [1.807, 2.05) is 55.5 Å². The number of nitrogens with one attached hydrogen (secondary N) is 1. The van der Waals surface area contributed by atoms with Crippen molar-refractivity contribution in [3.63, 3.8) is 0 Å². The topological polar surface area (TPSA) is 41.6 Å². The van der Waals surface area contributed by atoms with E-state index in [4.69, 9.17) is 4.74 Å². The maximum absolute atomic E-state index is 12.6. The Balaban J connectivity index is 1.77.